The molecule has 0 aliphatic carbocycles. The molecule has 4 N–H and O–H groups in total. The molecule has 14 heavy (non-hydrogen) atoms. The van der Waals surface area contributed by atoms with Crippen molar-refractivity contribution in [2.45, 2.75) is 26.2 Å². The van der Waals surface area contributed by atoms with E-state index >= 15 is 0 Å². The van der Waals surface area contributed by atoms with Gasteiger partial charge < -0.3 is 10.8 Å². The standard InChI is InChI=1S/C5H13N.C2H4O5S/c1-2-3-4-5-6;3-2(4)1-8(5,6)7/h2-6H2,1H3;1H2,(H,3,4)(H,5,6,7). The average Bonchev–Trinajstić information content (AvgIpc) is 1.97. The first kappa shape index (κ1) is 15.8. The second-order valence-corrected chi connectivity index (χ2v) is 4.07. The van der Waals surface area contributed by atoms with Gasteiger partial charge in [-0.25, -0.2) is 0 Å². The molecule has 0 amide bonds. The maximum absolute atomic E-state index is 9.62. The summed E-state index contributed by atoms with van der Waals surface area (Å²) >= 11 is 0. The van der Waals surface area contributed by atoms with Crippen LogP contribution in [-0.2, 0) is 14.9 Å². The van der Waals surface area contributed by atoms with Gasteiger partial charge in [0.15, 0.2) is 5.75 Å². The Balaban J connectivity index is 0. The minimum absolute atomic E-state index is 0.855. The topological polar surface area (TPSA) is 118 Å². The SMILES string of the molecule is CCCCCN.O=C(O)CS(=O)(=O)O. The van der Waals surface area contributed by atoms with Crippen molar-refractivity contribution in [3.8, 4) is 0 Å². The van der Waals surface area contributed by atoms with E-state index in [-0.39, 0.29) is 0 Å². The smallest absolute Gasteiger partial charge is 0.321 e. The molecule has 0 atom stereocenters. The normalized spacial score (nSPS) is 10.2. The van der Waals surface area contributed by atoms with Gasteiger partial charge in [-0.15, -0.1) is 0 Å². The highest BCUT2D eigenvalue weighted by molar-refractivity contribution is 7.86. The second kappa shape index (κ2) is 8.92. The predicted molar refractivity (Wildman–Crippen MR) is 52.6 cm³/mol. The van der Waals surface area contributed by atoms with Crippen molar-refractivity contribution in [2.75, 3.05) is 12.3 Å². The van der Waals surface area contributed by atoms with Crippen LogP contribution < -0.4 is 5.73 Å². The fourth-order valence-corrected chi connectivity index (χ4v) is 0.862. The minimum atomic E-state index is -4.32. The van der Waals surface area contributed by atoms with Crippen molar-refractivity contribution in [3.05, 3.63) is 0 Å². The molecule has 7 heteroatoms. The molecular formula is C7H17NO5S. The highest BCUT2D eigenvalue weighted by atomic mass is 32.2. The van der Waals surface area contributed by atoms with Gasteiger partial charge in [0.25, 0.3) is 10.1 Å². The van der Waals surface area contributed by atoms with Crippen LogP contribution in [0.15, 0.2) is 0 Å². The van der Waals surface area contributed by atoms with E-state index in [1.807, 2.05) is 0 Å². The van der Waals surface area contributed by atoms with E-state index in [0.717, 1.165) is 6.54 Å². The van der Waals surface area contributed by atoms with Crippen LogP contribution in [-0.4, -0.2) is 36.3 Å². The van der Waals surface area contributed by atoms with Crippen LogP contribution in [0.4, 0.5) is 0 Å². The molecule has 86 valence electrons. The quantitative estimate of drug-likeness (QED) is 0.452. The maximum Gasteiger partial charge on any atom is 0.321 e. The molecule has 0 bridgehead atoms. The number of carboxylic acids is 1. The third-order valence-corrected chi connectivity index (χ3v) is 1.73. The van der Waals surface area contributed by atoms with Gasteiger partial charge in [0.05, 0.1) is 0 Å². The maximum atomic E-state index is 9.62. The Bertz CT molecular complexity index is 232. The average molecular weight is 227 g/mol. The molecule has 0 saturated carbocycles. The molecule has 0 aromatic rings. The summed E-state index contributed by atoms with van der Waals surface area (Å²) in [6.45, 7) is 3.03. The summed E-state index contributed by atoms with van der Waals surface area (Å²) in [6.07, 6.45) is 3.75. The summed E-state index contributed by atoms with van der Waals surface area (Å²) in [5.41, 5.74) is 5.21. The Morgan fingerprint density at radius 1 is 1.36 bits per heavy atom. The summed E-state index contributed by atoms with van der Waals surface area (Å²) in [6, 6.07) is 0. The summed E-state index contributed by atoms with van der Waals surface area (Å²) < 4.78 is 27.0. The number of hydrogen-bond donors (Lipinski definition) is 3. The predicted octanol–water partition coefficient (Wildman–Crippen LogP) is 0.0941. The van der Waals surface area contributed by atoms with E-state index < -0.39 is 21.8 Å². The van der Waals surface area contributed by atoms with Gasteiger partial charge in [-0.2, -0.15) is 8.42 Å². The van der Waals surface area contributed by atoms with Crippen LogP contribution in [0.25, 0.3) is 0 Å². The molecule has 0 heterocycles. The van der Waals surface area contributed by atoms with Gasteiger partial charge >= 0.3 is 5.97 Å². The van der Waals surface area contributed by atoms with E-state index in [4.69, 9.17) is 15.4 Å². The summed E-state index contributed by atoms with van der Waals surface area (Å²) in [4.78, 5) is 9.48. The molecule has 0 aromatic heterocycles. The van der Waals surface area contributed by atoms with Crippen LogP contribution in [0.5, 0.6) is 0 Å². The third kappa shape index (κ3) is 22.5. The number of carbonyl (C=O) groups is 1. The van der Waals surface area contributed by atoms with Crippen molar-refractivity contribution in [2.24, 2.45) is 5.73 Å². The highest BCUT2D eigenvalue weighted by Crippen LogP contribution is 1.88. The number of carboxylic acid groups (broad SMARTS) is 1. The van der Waals surface area contributed by atoms with Crippen molar-refractivity contribution < 1.29 is 22.9 Å². The Hall–Kier alpha value is -0.660. The van der Waals surface area contributed by atoms with Gasteiger partial charge in [-0.3, -0.25) is 9.35 Å². The van der Waals surface area contributed by atoms with E-state index in [0.29, 0.717) is 0 Å². The van der Waals surface area contributed by atoms with E-state index in [1.54, 1.807) is 0 Å². The van der Waals surface area contributed by atoms with Gasteiger partial charge in [-0.05, 0) is 13.0 Å². The summed E-state index contributed by atoms with van der Waals surface area (Å²) in [5.74, 6) is -2.79. The third-order valence-electron chi connectivity index (χ3n) is 1.11. The fraction of sp³-hybridized carbons (Fsp3) is 0.857. The molecule has 0 saturated heterocycles. The number of nitrogens with two attached hydrogens (primary N) is 1. The van der Waals surface area contributed by atoms with Crippen molar-refractivity contribution in [1.29, 1.82) is 0 Å². The zero-order chi connectivity index (χ0) is 11.6. The fourth-order valence-electron chi connectivity index (χ4n) is 0.550. The lowest BCUT2D eigenvalue weighted by molar-refractivity contribution is -0.134. The van der Waals surface area contributed by atoms with Gasteiger partial charge in [0.2, 0.25) is 0 Å². The summed E-state index contributed by atoms with van der Waals surface area (Å²) in [5, 5.41) is 7.71. The summed E-state index contributed by atoms with van der Waals surface area (Å²) in [7, 11) is -4.32. The molecule has 0 spiro atoms. The molecule has 6 nitrogen and oxygen atoms in total. The first-order valence-corrected chi connectivity index (χ1v) is 5.81. The minimum Gasteiger partial charge on any atom is -0.480 e. The molecular weight excluding hydrogens is 210 g/mol. The van der Waals surface area contributed by atoms with Crippen LogP contribution >= 0.6 is 0 Å². The van der Waals surface area contributed by atoms with E-state index in [2.05, 4.69) is 6.92 Å². The van der Waals surface area contributed by atoms with Gasteiger partial charge in [-0.1, -0.05) is 19.8 Å². The largest absolute Gasteiger partial charge is 0.480 e. The molecule has 0 radical (unpaired) electrons. The molecule has 0 fully saturated rings. The highest BCUT2D eigenvalue weighted by Gasteiger charge is 2.09. The van der Waals surface area contributed by atoms with Crippen molar-refractivity contribution in [3.63, 3.8) is 0 Å². The Morgan fingerprint density at radius 2 is 1.86 bits per heavy atom. The molecule has 0 aromatic carbocycles. The molecule has 0 rings (SSSR count). The number of unbranched alkanes of at least 4 members (excludes halogenated alkanes) is 2. The zero-order valence-electron chi connectivity index (χ0n) is 8.14. The molecule has 0 unspecified atom stereocenters. The molecule has 0 aliphatic rings. The van der Waals surface area contributed by atoms with Gasteiger partial charge in [0.1, 0.15) is 0 Å². The van der Waals surface area contributed by atoms with Crippen LogP contribution in [0, 0.1) is 0 Å². The number of hydrogen-bond acceptors (Lipinski definition) is 4. The Morgan fingerprint density at radius 3 is 1.93 bits per heavy atom. The Labute approximate surface area is 83.9 Å². The van der Waals surface area contributed by atoms with E-state index in [9.17, 15) is 13.2 Å². The Kier molecular flexibility index (Phi) is 10.1. The first-order chi connectivity index (χ1) is 6.33. The zero-order valence-corrected chi connectivity index (χ0v) is 8.96. The van der Waals surface area contributed by atoms with Crippen molar-refractivity contribution in [1.82, 2.24) is 0 Å². The first-order valence-electron chi connectivity index (χ1n) is 4.20. The number of aliphatic carboxylic acids is 1. The second-order valence-electron chi connectivity index (χ2n) is 2.62. The lowest BCUT2D eigenvalue weighted by Gasteiger charge is -1.86. The van der Waals surface area contributed by atoms with Crippen LogP contribution in [0.3, 0.4) is 0 Å². The van der Waals surface area contributed by atoms with Crippen LogP contribution in [0.1, 0.15) is 26.2 Å². The lowest BCUT2D eigenvalue weighted by atomic mass is 10.3. The monoisotopic (exact) mass is 227 g/mol. The lowest BCUT2D eigenvalue weighted by Crippen LogP contribution is -2.13. The number of rotatable bonds is 5. The van der Waals surface area contributed by atoms with Crippen LogP contribution in [0.2, 0.25) is 0 Å². The van der Waals surface area contributed by atoms with Gasteiger partial charge in [0, 0.05) is 0 Å². The van der Waals surface area contributed by atoms with E-state index in [1.165, 1.54) is 19.3 Å². The molecule has 0 aliphatic heterocycles. The van der Waals surface area contributed by atoms with Crippen molar-refractivity contribution >= 4 is 16.1 Å².